The summed E-state index contributed by atoms with van der Waals surface area (Å²) in [6.07, 6.45) is 1.51. The summed E-state index contributed by atoms with van der Waals surface area (Å²) >= 11 is 0. The number of aliphatic hydroxyl groups excluding tert-OH is 1. The fourth-order valence-electron chi connectivity index (χ4n) is 5.18. The van der Waals surface area contributed by atoms with Crippen LogP contribution in [0, 0.1) is 6.92 Å². The van der Waals surface area contributed by atoms with Crippen molar-refractivity contribution in [1.82, 2.24) is 19.6 Å². The second-order valence-corrected chi connectivity index (χ2v) is 9.45. The second-order valence-electron chi connectivity index (χ2n) is 9.45. The number of nitrogens with zero attached hydrogens (tertiary/aromatic N) is 4. The van der Waals surface area contributed by atoms with Crippen LogP contribution in [0.4, 0.5) is 0 Å². The lowest BCUT2D eigenvalue weighted by Gasteiger charge is -2.31. The molecule has 2 aliphatic heterocycles. The number of rotatable bonds is 8. The van der Waals surface area contributed by atoms with Gasteiger partial charge in [0.15, 0.2) is 0 Å². The van der Waals surface area contributed by atoms with Crippen molar-refractivity contribution in [3.63, 3.8) is 0 Å². The standard InChI is InChI=1S/C29H32N4O6/c1-19-23(18-30-33(19)20-7-5-4-6-8-20)27(34)25-26(22-17-21(37-2)9-10-24(22)38-3)32(29(36)28(25)35)12-11-31-13-15-39-16-14-31/h4-10,17-18,26,34H,11-16H2,1-3H3/t26-/m0/s1. The van der Waals surface area contributed by atoms with E-state index in [1.54, 1.807) is 30.0 Å². The number of carbonyl (C=O) groups excluding carboxylic acids is 2. The van der Waals surface area contributed by atoms with Gasteiger partial charge < -0.3 is 24.2 Å². The van der Waals surface area contributed by atoms with Gasteiger partial charge >= 0.3 is 0 Å². The van der Waals surface area contributed by atoms with Crippen molar-refractivity contribution >= 4 is 17.4 Å². The van der Waals surface area contributed by atoms with E-state index in [1.807, 2.05) is 37.3 Å². The maximum atomic E-state index is 13.6. The zero-order valence-electron chi connectivity index (χ0n) is 22.3. The average Bonchev–Trinajstić information content (AvgIpc) is 3.48. The maximum absolute atomic E-state index is 13.6. The van der Waals surface area contributed by atoms with E-state index in [0.717, 1.165) is 18.8 Å². The van der Waals surface area contributed by atoms with Crippen LogP contribution in [0.2, 0.25) is 0 Å². The Hall–Kier alpha value is -4.15. The molecule has 204 valence electrons. The lowest BCUT2D eigenvalue weighted by atomic mass is 9.94. The molecule has 1 N–H and O–H groups in total. The van der Waals surface area contributed by atoms with Crippen molar-refractivity contribution < 1.29 is 28.9 Å². The highest BCUT2D eigenvalue weighted by Crippen LogP contribution is 2.44. The summed E-state index contributed by atoms with van der Waals surface area (Å²) in [4.78, 5) is 30.7. The van der Waals surface area contributed by atoms with E-state index in [4.69, 9.17) is 14.2 Å². The van der Waals surface area contributed by atoms with Crippen LogP contribution in [0.25, 0.3) is 11.4 Å². The number of para-hydroxylation sites is 1. The number of carbonyl (C=O) groups is 2. The largest absolute Gasteiger partial charge is 0.507 e. The predicted octanol–water partition coefficient (Wildman–Crippen LogP) is 2.95. The van der Waals surface area contributed by atoms with Gasteiger partial charge in [0.05, 0.1) is 62.2 Å². The van der Waals surface area contributed by atoms with E-state index in [-0.39, 0.29) is 17.9 Å². The molecule has 10 nitrogen and oxygen atoms in total. The van der Waals surface area contributed by atoms with Gasteiger partial charge in [-0.25, -0.2) is 4.68 Å². The minimum atomic E-state index is -0.879. The average molecular weight is 533 g/mol. The molecule has 2 fully saturated rings. The van der Waals surface area contributed by atoms with E-state index in [0.29, 0.717) is 48.1 Å². The molecule has 2 aliphatic rings. The number of morpholine rings is 1. The molecule has 1 amide bonds. The Balaban J connectivity index is 1.62. The SMILES string of the molecule is COc1ccc(OC)c([C@H]2C(=C(O)c3cnn(-c4ccccc4)c3C)C(=O)C(=O)N2CCN2CCOCC2)c1. The van der Waals surface area contributed by atoms with Gasteiger partial charge in [-0.05, 0) is 37.3 Å². The number of aliphatic hydroxyl groups is 1. The first-order chi connectivity index (χ1) is 18.9. The maximum Gasteiger partial charge on any atom is 0.295 e. The highest BCUT2D eigenvalue weighted by atomic mass is 16.5. The van der Waals surface area contributed by atoms with Gasteiger partial charge in [0.25, 0.3) is 11.7 Å². The molecule has 39 heavy (non-hydrogen) atoms. The first-order valence-electron chi connectivity index (χ1n) is 12.9. The van der Waals surface area contributed by atoms with E-state index < -0.39 is 17.7 Å². The number of methoxy groups -OCH3 is 2. The van der Waals surface area contributed by atoms with E-state index in [2.05, 4.69) is 10.00 Å². The molecule has 0 radical (unpaired) electrons. The third kappa shape index (κ3) is 5.00. The number of hydrogen-bond donors (Lipinski definition) is 1. The van der Waals surface area contributed by atoms with Crippen LogP contribution >= 0.6 is 0 Å². The van der Waals surface area contributed by atoms with Gasteiger partial charge in [0.2, 0.25) is 0 Å². The summed E-state index contributed by atoms with van der Waals surface area (Å²) < 4.78 is 18.2. The Morgan fingerprint density at radius 1 is 1.05 bits per heavy atom. The lowest BCUT2D eigenvalue weighted by molar-refractivity contribution is -0.140. The van der Waals surface area contributed by atoms with Gasteiger partial charge in [-0.1, -0.05) is 18.2 Å². The summed E-state index contributed by atoms with van der Waals surface area (Å²) in [5, 5.41) is 16.1. The molecule has 1 atom stereocenters. The molecule has 0 saturated carbocycles. The Morgan fingerprint density at radius 2 is 1.79 bits per heavy atom. The molecular weight excluding hydrogens is 500 g/mol. The fourth-order valence-corrected chi connectivity index (χ4v) is 5.18. The molecule has 3 aromatic rings. The Kier molecular flexibility index (Phi) is 7.67. The number of ketones is 1. The first kappa shape index (κ1) is 26.5. The molecule has 3 heterocycles. The molecule has 2 aromatic carbocycles. The Morgan fingerprint density at radius 3 is 2.49 bits per heavy atom. The van der Waals surface area contributed by atoms with Crippen LogP contribution in [0.5, 0.6) is 11.5 Å². The van der Waals surface area contributed by atoms with Crippen molar-refractivity contribution in [2.24, 2.45) is 0 Å². The summed E-state index contributed by atoms with van der Waals surface area (Å²) in [6.45, 7) is 5.39. The van der Waals surface area contributed by atoms with Gasteiger partial charge in [0, 0.05) is 31.7 Å². The quantitative estimate of drug-likeness (QED) is 0.268. The summed E-state index contributed by atoms with van der Waals surface area (Å²) in [6, 6.07) is 13.8. The van der Waals surface area contributed by atoms with Gasteiger partial charge in [0.1, 0.15) is 17.3 Å². The van der Waals surface area contributed by atoms with E-state index in [9.17, 15) is 14.7 Å². The van der Waals surface area contributed by atoms with Gasteiger partial charge in [-0.15, -0.1) is 0 Å². The van der Waals surface area contributed by atoms with E-state index in [1.165, 1.54) is 18.2 Å². The summed E-state index contributed by atoms with van der Waals surface area (Å²) in [5.41, 5.74) is 2.36. The molecule has 5 rings (SSSR count). The van der Waals surface area contributed by atoms with Crippen LogP contribution in [-0.2, 0) is 14.3 Å². The number of Topliss-reactive ketones (excluding diaryl/α,β-unsaturated/α-hetero) is 1. The minimum Gasteiger partial charge on any atom is -0.507 e. The molecule has 10 heteroatoms. The molecule has 0 unspecified atom stereocenters. The van der Waals surface area contributed by atoms with Crippen molar-refractivity contribution in [2.75, 3.05) is 53.6 Å². The first-order valence-corrected chi connectivity index (χ1v) is 12.9. The normalized spacial score (nSPS) is 19.5. The zero-order chi connectivity index (χ0) is 27.5. The molecule has 1 aromatic heterocycles. The number of amides is 1. The number of ether oxygens (including phenoxy) is 3. The summed E-state index contributed by atoms with van der Waals surface area (Å²) in [7, 11) is 3.07. The van der Waals surface area contributed by atoms with Crippen molar-refractivity contribution in [3.8, 4) is 17.2 Å². The van der Waals surface area contributed by atoms with Crippen LogP contribution in [0.15, 0.2) is 60.3 Å². The Labute approximate surface area is 227 Å². The number of likely N-dealkylation sites (tertiary alicyclic amines) is 1. The third-order valence-corrected chi connectivity index (χ3v) is 7.30. The van der Waals surface area contributed by atoms with E-state index >= 15 is 0 Å². The van der Waals surface area contributed by atoms with Crippen molar-refractivity contribution in [3.05, 3.63) is 77.1 Å². The van der Waals surface area contributed by atoms with Crippen LogP contribution < -0.4 is 9.47 Å². The molecule has 0 aliphatic carbocycles. The monoisotopic (exact) mass is 532 g/mol. The molecule has 0 spiro atoms. The van der Waals surface area contributed by atoms with Crippen molar-refractivity contribution in [2.45, 2.75) is 13.0 Å². The van der Waals surface area contributed by atoms with Gasteiger partial charge in [-0.3, -0.25) is 14.5 Å². The molecule has 0 bridgehead atoms. The van der Waals surface area contributed by atoms with Crippen molar-refractivity contribution in [1.29, 1.82) is 0 Å². The van der Waals surface area contributed by atoms with Gasteiger partial charge in [-0.2, -0.15) is 5.10 Å². The third-order valence-electron chi connectivity index (χ3n) is 7.30. The second kappa shape index (κ2) is 11.3. The lowest BCUT2D eigenvalue weighted by Crippen LogP contribution is -2.42. The molecular formula is C29H32N4O6. The molecule has 2 saturated heterocycles. The highest BCUT2D eigenvalue weighted by Gasteiger charge is 2.47. The highest BCUT2D eigenvalue weighted by molar-refractivity contribution is 6.46. The van der Waals surface area contributed by atoms with Crippen LogP contribution in [0.3, 0.4) is 0 Å². The van der Waals surface area contributed by atoms with Crippen LogP contribution in [0.1, 0.15) is 22.9 Å². The Bertz CT molecular complexity index is 1390. The fraction of sp³-hybridized carbons (Fsp3) is 0.345. The zero-order valence-corrected chi connectivity index (χ0v) is 22.3. The number of aromatic nitrogens is 2. The smallest absolute Gasteiger partial charge is 0.295 e. The number of benzene rings is 2. The van der Waals surface area contributed by atoms with Crippen LogP contribution in [-0.4, -0.2) is 90.0 Å². The number of hydrogen-bond acceptors (Lipinski definition) is 8. The summed E-state index contributed by atoms with van der Waals surface area (Å²) in [5.74, 6) is -0.694. The minimum absolute atomic E-state index is 0.00996. The predicted molar refractivity (Wildman–Crippen MR) is 144 cm³/mol. The topological polar surface area (TPSA) is 106 Å².